The summed E-state index contributed by atoms with van der Waals surface area (Å²) >= 11 is 0. The van der Waals surface area contributed by atoms with E-state index in [1.807, 2.05) is 13.8 Å². The molecule has 1 aliphatic carbocycles. The van der Waals surface area contributed by atoms with E-state index in [0.29, 0.717) is 0 Å². The van der Waals surface area contributed by atoms with E-state index in [4.69, 9.17) is 18.9 Å². The summed E-state index contributed by atoms with van der Waals surface area (Å²) < 4.78 is 20.6. The largest absolute Gasteiger partial charge is 0.379 e. The van der Waals surface area contributed by atoms with Gasteiger partial charge >= 0.3 is 0 Å². The van der Waals surface area contributed by atoms with Crippen molar-refractivity contribution in [2.24, 2.45) is 0 Å². The number of rotatable bonds is 7. The number of hydrogen-bond acceptors (Lipinski definition) is 4. The summed E-state index contributed by atoms with van der Waals surface area (Å²) in [6.07, 6.45) is 5.91. The van der Waals surface area contributed by atoms with Gasteiger partial charge in [0.2, 0.25) is 0 Å². The lowest BCUT2D eigenvalue weighted by Crippen LogP contribution is -2.35. The van der Waals surface area contributed by atoms with Crippen LogP contribution in [0.4, 0.5) is 0 Å². The third-order valence-electron chi connectivity index (χ3n) is 3.14. The summed E-state index contributed by atoms with van der Waals surface area (Å²) in [7, 11) is 3.46. The van der Waals surface area contributed by atoms with Gasteiger partial charge in [0.05, 0.1) is 13.2 Å². The molecule has 0 amide bonds. The maximum absolute atomic E-state index is 5.31. The highest BCUT2D eigenvalue weighted by molar-refractivity contribution is 4.73. The normalized spacial score (nSPS) is 18.0. The molecule has 0 aliphatic heterocycles. The van der Waals surface area contributed by atoms with Gasteiger partial charge in [0.1, 0.15) is 0 Å². The Morgan fingerprint density at radius 3 is 1.50 bits per heavy atom. The van der Waals surface area contributed by atoms with Crippen LogP contribution in [0.3, 0.4) is 0 Å². The second-order valence-corrected chi connectivity index (χ2v) is 4.27. The lowest BCUT2D eigenvalue weighted by Gasteiger charge is -2.34. The van der Waals surface area contributed by atoms with Crippen LogP contribution in [0, 0.1) is 0 Å². The summed E-state index contributed by atoms with van der Waals surface area (Å²) in [5.74, 6) is -0.238. The van der Waals surface area contributed by atoms with Gasteiger partial charge < -0.3 is 18.9 Å². The van der Waals surface area contributed by atoms with E-state index in [0.717, 1.165) is 39.3 Å². The maximum Gasteiger partial charge on any atom is 0.167 e. The monoisotopic (exact) mass is 262 g/mol. The average molecular weight is 262 g/mol. The van der Waals surface area contributed by atoms with Crippen molar-refractivity contribution >= 4 is 0 Å². The van der Waals surface area contributed by atoms with Crippen molar-refractivity contribution in [1.29, 1.82) is 0 Å². The van der Waals surface area contributed by atoms with E-state index in [9.17, 15) is 0 Å². The fourth-order valence-electron chi connectivity index (χ4n) is 1.99. The Bertz CT molecular complexity index is 155. The Morgan fingerprint density at radius 2 is 1.22 bits per heavy atom. The predicted molar refractivity (Wildman–Crippen MR) is 72.8 cm³/mol. The van der Waals surface area contributed by atoms with E-state index in [2.05, 4.69) is 0 Å². The van der Waals surface area contributed by atoms with Gasteiger partial charge in [-0.3, -0.25) is 0 Å². The van der Waals surface area contributed by atoms with E-state index >= 15 is 0 Å². The second kappa shape index (κ2) is 11.9. The van der Waals surface area contributed by atoms with E-state index in [1.165, 1.54) is 19.3 Å². The fourth-order valence-corrected chi connectivity index (χ4v) is 1.99. The van der Waals surface area contributed by atoms with Gasteiger partial charge in [-0.05, 0) is 26.7 Å². The quantitative estimate of drug-likeness (QED) is 0.522. The molecule has 0 spiro atoms. The minimum Gasteiger partial charge on any atom is -0.379 e. The summed E-state index contributed by atoms with van der Waals surface area (Å²) in [5, 5.41) is 0. The summed E-state index contributed by atoms with van der Waals surface area (Å²) in [6.45, 7) is 6.98. The van der Waals surface area contributed by atoms with Crippen molar-refractivity contribution in [3.63, 3.8) is 0 Å². The van der Waals surface area contributed by atoms with Crippen LogP contribution < -0.4 is 0 Å². The predicted octanol–water partition coefficient (Wildman–Crippen LogP) is 3.00. The van der Waals surface area contributed by atoms with E-state index < -0.39 is 0 Å². The molecule has 4 heteroatoms. The van der Waals surface area contributed by atoms with Crippen LogP contribution in [0.25, 0.3) is 0 Å². The van der Waals surface area contributed by atoms with E-state index in [-0.39, 0.29) is 5.79 Å². The van der Waals surface area contributed by atoms with Gasteiger partial charge in [0.15, 0.2) is 5.79 Å². The molecule has 0 aromatic rings. The zero-order valence-electron chi connectivity index (χ0n) is 12.5. The Labute approximate surface area is 112 Å². The molecule has 0 atom stereocenters. The molecule has 0 aromatic heterocycles. The van der Waals surface area contributed by atoms with Crippen molar-refractivity contribution in [2.75, 3.05) is 40.6 Å². The molecule has 18 heavy (non-hydrogen) atoms. The van der Waals surface area contributed by atoms with Gasteiger partial charge in [-0.1, -0.05) is 6.42 Å². The first-order valence-corrected chi connectivity index (χ1v) is 7.00. The van der Waals surface area contributed by atoms with Crippen LogP contribution in [0.5, 0.6) is 0 Å². The minimum absolute atomic E-state index is 0.238. The van der Waals surface area contributed by atoms with Gasteiger partial charge in [-0.15, -0.1) is 0 Å². The molecule has 1 saturated carbocycles. The second-order valence-electron chi connectivity index (χ2n) is 4.27. The number of hydrogen-bond donors (Lipinski definition) is 0. The van der Waals surface area contributed by atoms with Gasteiger partial charge in [0.25, 0.3) is 0 Å². The van der Waals surface area contributed by atoms with Crippen molar-refractivity contribution in [1.82, 2.24) is 0 Å². The lowest BCUT2D eigenvalue weighted by atomic mass is 9.94. The zero-order chi connectivity index (χ0) is 13.7. The standard InChI is InChI=1S/C8H16O2.C6H14O2/c1-9-8(10-2)6-4-3-5-7-8;1-3-7-5-6-8-4-2/h3-7H2,1-2H3;3-6H2,1-2H3. The van der Waals surface area contributed by atoms with Crippen molar-refractivity contribution in [3.05, 3.63) is 0 Å². The smallest absolute Gasteiger partial charge is 0.167 e. The van der Waals surface area contributed by atoms with Crippen molar-refractivity contribution in [3.8, 4) is 0 Å². The van der Waals surface area contributed by atoms with Crippen LogP contribution in [0.1, 0.15) is 46.0 Å². The molecule has 0 radical (unpaired) electrons. The Balaban J connectivity index is 0.000000331. The SMILES string of the molecule is CCOCCOCC.COC1(OC)CCCCC1. The third kappa shape index (κ3) is 8.03. The molecule has 110 valence electrons. The topological polar surface area (TPSA) is 36.9 Å². The van der Waals surface area contributed by atoms with E-state index in [1.54, 1.807) is 14.2 Å². The molecule has 0 heterocycles. The summed E-state index contributed by atoms with van der Waals surface area (Å²) in [5.41, 5.74) is 0. The summed E-state index contributed by atoms with van der Waals surface area (Å²) in [4.78, 5) is 0. The van der Waals surface area contributed by atoms with Gasteiger partial charge in [-0.2, -0.15) is 0 Å². The highest BCUT2D eigenvalue weighted by Gasteiger charge is 2.30. The first-order chi connectivity index (χ1) is 8.74. The van der Waals surface area contributed by atoms with Crippen molar-refractivity contribution < 1.29 is 18.9 Å². The molecular weight excluding hydrogens is 232 g/mol. The number of methoxy groups -OCH3 is 2. The van der Waals surface area contributed by atoms with Crippen LogP contribution in [0.2, 0.25) is 0 Å². The molecule has 1 fully saturated rings. The van der Waals surface area contributed by atoms with Crippen molar-refractivity contribution in [2.45, 2.75) is 51.7 Å². The highest BCUT2D eigenvalue weighted by Crippen LogP contribution is 2.31. The van der Waals surface area contributed by atoms with Gasteiger partial charge in [0, 0.05) is 40.3 Å². The zero-order valence-corrected chi connectivity index (χ0v) is 12.5. The Hall–Kier alpha value is -0.160. The molecular formula is C14H30O4. The molecule has 1 rings (SSSR count). The summed E-state index contributed by atoms with van der Waals surface area (Å²) in [6, 6.07) is 0. The minimum atomic E-state index is -0.238. The van der Waals surface area contributed by atoms with Gasteiger partial charge in [-0.25, -0.2) is 0 Å². The fraction of sp³-hybridized carbons (Fsp3) is 1.00. The van der Waals surface area contributed by atoms with Crippen LogP contribution in [0.15, 0.2) is 0 Å². The molecule has 0 bridgehead atoms. The first kappa shape index (κ1) is 17.8. The third-order valence-corrected chi connectivity index (χ3v) is 3.14. The molecule has 0 saturated heterocycles. The number of ether oxygens (including phenoxy) is 4. The Kier molecular flexibility index (Phi) is 11.8. The highest BCUT2D eigenvalue weighted by atomic mass is 16.7. The molecule has 4 nitrogen and oxygen atoms in total. The molecule has 1 aliphatic rings. The Morgan fingerprint density at radius 1 is 0.778 bits per heavy atom. The lowest BCUT2D eigenvalue weighted by molar-refractivity contribution is -0.222. The average Bonchev–Trinajstić information content (AvgIpc) is 2.45. The van der Waals surface area contributed by atoms with Crippen LogP contribution in [-0.4, -0.2) is 46.4 Å². The molecule has 0 aromatic carbocycles. The van der Waals surface area contributed by atoms with Crippen LogP contribution in [-0.2, 0) is 18.9 Å². The van der Waals surface area contributed by atoms with Crippen LogP contribution >= 0.6 is 0 Å². The first-order valence-electron chi connectivity index (χ1n) is 7.00. The maximum atomic E-state index is 5.31. The molecule has 0 unspecified atom stereocenters. The molecule has 0 N–H and O–H groups in total.